The molecule has 3 nitrogen and oxygen atoms in total. The van der Waals surface area contributed by atoms with Gasteiger partial charge in [0.15, 0.2) is 0 Å². The van der Waals surface area contributed by atoms with Crippen molar-refractivity contribution in [3.05, 3.63) is 45.5 Å². The predicted molar refractivity (Wildman–Crippen MR) is 75.2 cm³/mol. The van der Waals surface area contributed by atoms with Crippen LogP contribution >= 0.6 is 27.5 Å². The highest BCUT2D eigenvalue weighted by Gasteiger charge is 2.08. The van der Waals surface area contributed by atoms with Crippen molar-refractivity contribution in [1.29, 1.82) is 0 Å². The summed E-state index contributed by atoms with van der Waals surface area (Å²) in [4.78, 5) is 8.35. The molecule has 0 aliphatic rings. The molecule has 0 fully saturated rings. The van der Waals surface area contributed by atoms with Crippen LogP contribution in [0.1, 0.15) is 19.2 Å². The van der Waals surface area contributed by atoms with E-state index in [4.69, 9.17) is 16.3 Å². The number of nitrogens with zero attached hydrogens (tertiary/aromatic N) is 2. The minimum absolute atomic E-state index is 0.326. The van der Waals surface area contributed by atoms with Gasteiger partial charge in [-0.05, 0) is 40.5 Å². The lowest BCUT2D eigenvalue weighted by Gasteiger charge is -2.08. The van der Waals surface area contributed by atoms with Crippen LogP contribution in [0.4, 0.5) is 4.39 Å². The maximum atomic E-state index is 13.0. The monoisotopic (exact) mass is 344 g/mol. The summed E-state index contributed by atoms with van der Waals surface area (Å²) in [5, 5.41) is 0.326. The van der Waals surface area contributed by atoms with Crippen LogP contribution in [0.25, 0.3) is 0 Å². The molecule has 0 aliphatic carbocycles. The average Bonchev–Trinajstić information content (AvgIpc) is 2.32. The van der Waals surface area contributed by atoms with Crippen LogP contribution in [0, 0.1) is 5.82 Å². The second-order valence-electron chi connectivity index (χ2n) is 3.87. The molecule has 0 N–H and O–H groups in total. The highest BCUT2D eigenvalue weighted by molar-refractivity contribution is 9.10. The quantitative estimate of drug-likeness (QED) is 0.748. The standard InChI is InChI=1S/C13H11BrClFN2O/c1-2-3-12-17-11(15)7-13(18-12)19-10-5-4-8(16)6-9(10)14/h4-7H,2-3H2,1H3. The molecule has 0 aliphatic heterocycles. The topological polar surface area (TPSA) is 35.0 Å². The normalized spacial score (nSPS) is 10.5. The minimum atomic E-state index is -0.341. The Balaban J connectivity index is 2.27. The van der Waals surface area contributed by atoms with Crippen LogP contribution in [0.3, 0.4) is 0 Å². The third-order valence-electron chi connectivity index (χ3n) is 2.30. The molecule has 100 valence electrons. The first-order valence-electron chi connectivity index (χ1n) is 5.75. The van der Waals surface area contributed by atoms with E-state index in [9.17, 15) is 4.39 Å². The molecule has 19 heavy (non-hydrogen) atoms. The van der Waals surface area contributed by atoms with E-state index in [1.165, 1.54) is 24.3 Å². The molecule has 0 unspecified atom stereocenters. The molecule has 0 spiro atoms. The predicted octanol–water partition coefficient (Wildman–Crippen LogP) is 4.78. The van der Waals surface area contributed by atoms with Gasteiger partial charge in [-0.3, -0.25) is 0 Å². The second-order valence-corrected chi connectivity index (χ2v) is 5.11. The number of halogens is 3. The molecular formula is C13H11BrClFN2O. The van der Waals surface area contributed by atoms with Crippen molar-refractivity contribution in [1.82, 2.24) is 9.97 Å². The largest absolute Gasteiger partial charge is 0.438 e. The van der Waals surface area contributed by atoms with Gasteiger partial charge in [-0.15, -0.1) is 0 Å². The van der Waals surface area contributed by atoms with Gasteiger partial charge in [-0.1, -0.05) is 18.5 Å². The maximum Gasteiger partial charge on any atom is 0.224 e. The van der Waals surface area contributed by atoms with Gasteiger partial charge >= 0.3 is 0 Å². The average molecular weight is 346 g/mol. The van der Waals surface area contributed by atoms with Gasteiger partial charge in [0.2, 0.25) is 5.88 Å². The Labute approximate surface area is 123 Å². The summed E-state index contributed by atoms with van der Waals surface area (Å²) in [6, 6.07) is 5.69. The third kappa shape index (κ3) is 3.88. The molecule has 0 amide bonds. The lowest BCUT2D eigenvalue weighted by Crippen LogP contribution is -1.98. The van der Waals surface area contributed by atoms with E-state index in [-0.39, 0.29) is 5.82 Å². The van der Waals surface area contributed by atoms with Gasteiger partial charge in [0.1, 0.15) is 22.5 Å². The summed E-state index contributed by atoms with van der Waals surface area (Å²) in [7, 11) is 0. The number of rotatable bonds is 4. The van der Waals surface area contributed by atoms with Gasteiger partial charge in [-0.25, -0.2) is 9.37 Å². The van der Waals surface area contributed by atoms with Gasteiger partial charge in [0, 0.05) is 12.5 Å². The van der Waals surface area contributed by atoms with E-state index >= 15 is 0 Å². The molecule has 1 heterocycles. The zero-order valence-electron chi connectivity index (χ0n) is 10.2. The molecule has 0 atom stereocenters. The van der Waals surface area contributed by atoms with Crippen LogP contribution in [0.15, 0.2) is 28.7 Å². The van der Waals surface area contributed by atoms with Crippen molar-refractivity contribution < 1.29 is 9.13 Å². The molecule has 1 aromatic heterocycles. The van der Waals surface area contributed by atoms with Crippen LogP contribution in [-0.2, 0) is 6.42 Å². The van der Waals surface area contributed by atoms with Crippen LogP contribution in [0.5, 0.6) is 11.6 Å². The Hall–Kier alpha value is -1.20. The van der Waals surface area contributed by atoms with Gasteiger partial charge in [0.05, 0.1) is 4.47 Å². The molecule has 0 radical (unpaired) electrons. The molecule has 6 heteroatoms. The fourth-order valence-electron chi connectivity index (χ4n) is 1.50. The lowest BCUT2D eigenvalue weighted by molar-refractivity contribution is 0.454. The summed E-state index contributed by atoms with van der Waals surface area (Å²) < 4.78 is 19.1. The molecule has 0 bridgehead atoms. The number of aryl methyl sites for hydroxylation is 1. The van der Waals surface area contributed by atoms with Gasteiger partial charge < -0.3 is 4.74 Å². The van der Waals surface area contributed by atoms with E-state index in [2.05, 4.69) is 25.9 Å². The van der Waals surface area contributed by atoms with E-state index in [0.717, 1.165) is 12.8 Å². The van der Waals surface area contributed by atoms with Crippen LogP contribution in [0.2, 0.25) is 5.15 Å². The molecule has 2 rings (SSSR count). The van der Waals surface area contributed by atoms with E-state index < -0.39 is 0 Å². The van der Waals surface area contributed by atoms with Crippen molar-refractivity contribution >= 4 is 27.5 Å². The maximum absolute atomic E-state index is 13.0. The summed E-state index contributed by atoms with van der Waals surface area (Å²) in [5.41, 5.74) is 0. The van der Waals surface area contributed by atoms with Crippen molar-refractivity contribution in [3.63, 3.8) is 0 Å². The van der Waals surface area contributed by atoms with E-state index in [1.807, 2.05) is 6.92 Å². The van der Waals surface area contributed by atoms with Crippen LogP contribution in [-0.4, -0.2) is 9.97 Å². The zero-order valence-corrected chi connectivity index (χ0v) is 12.5. The summed E-state index contributed by atoms with van der Waals surface area (Å²) >= 11 is 9.15. The molecular weight excluding hydrogens is 335 g/mol. The summed E-state index contributed by atoms with van der Waals surface area (Å²) in [6.07, 6.45) is 1.64. The van der Waals surface area contributed by atoms with Gasteiger partial charge in [-0.2, -0.15) is 4.98 Å². The van der Waals surface area contributed by atoms with Crippen molar-refractivity contribution in [2.75, 3.05) is 0 Å². The second kappa shape index (κ2) is 6.30. The van der Waals surface area contributed by atoms with Crippen molar-refractivity contribution in [3.8, 4) is 11.6 Å². The zero-order chi connectivity index (χ0) is 13.8. The molecule has 1 aromatic carbocycles. The summed E-state index contributed by atoms with van der Waals surface area (Å²) in [5.74, 6) is 1.10. The molecule has 2 aromatic rings. The number of ether oxygens (including phenoxy) is 1. The highest BCUT2D eigenvalue weighted by atomic mass is 79.9. The number of hydrogen-bond acceptors (Lipinski definition) is 3. The Bertz CT molecular complexity index is 595. The molecule has 0 saturated heterocycles. The van der Waals surface area contributed by atoms with Crippen molar-refractivity contribution in [2.45, 2.75) is 19.8 Å². The first-order chi connectivity index (χ1) is 9.08. The number of hydrogen-bond donors (Lipinski definition) is 0. The lowest BCUT2D eigenvalue weighted by atomic mass is 10.3. The first-order valence-corrected chi connectivity index (χ1v) is 6.92. The Morgan fingerprint density at radius 2 is 2.11 bits per heavy atom. The number of benzene rings is 1. The fraction of sp³-hybridized carbons (Fsp3) is 0.231. The Morgan fingerprint density at radius 3 is 2.79 bits per heavy atom. The SMILES string of the molecule is CCCc1nc(Cl)cc(Oc2ccc(F)cc2Br)n1. The smallest absolute Gasteiger partial charge is 0.224 e. The molecule has 0 saturated carbocycles. The van der Waals surface area contributed by atoms with E-state index in [0.29, 0.717) is 27.1 Å². The van der Waals surface area contributed by atoms with E-state index in [1.54, 1.807) is 0 Å². The highest BCUT2D eigenvalue weighted by Crippen LogP contribution is 2.30. The number of aromatic nitrogens is 2. The Kier molecular flexibility index (Phi) is 4.71. The summed E-state index contributed by atoms with van der Waals surface area (Å²) in [6.45, 7) is 2.03. The van der Waals surface area contributed by atoms with Gasteiger partial charge in [0.25, 0.3) is 0 Å². The fourth-order valence-corrected chi connectivity index (χ4v) is 2.12. The minimum Gasteiger partial charge on any atom is -0.438 e. The van der Waals surface area contributed by atoms with Crippen molar-refractivity contribution in [2.24, 2.45) is 0 Å². The first kappa shape index (κ1) is 14.2. The third-order valence-corrected chi connectivity index (χ3v) is 3.11. The van der Waals surface area contributed by atoms with Crippen LogP contribution < -0.4 is 4.74 Å². The Morgan fingerprint density at radius 1 is 1.32 bits per heavy atom.